The Bertz CT molecular complexity index is 2660. The normalized spacial score (nSPS) is 11.9. The number of benzene rings is 7. The average Bonchev–Trinajstić information content (AvgIpc) is 3.54. The van der Waals surface area contributed by atoms with Gasteiger partial charge in [-0.25, -0.2) is 0 Å². The van der Waals surface area contributed by atoms with E-state index in [2.05, 4.69) is 0 Å². The summed E-state index contributed by atoms with van der Waals surface area (Å²) in [6, 6.07) is 39.8. The highest BCUT2D eigenvalue weighted by Crippen LogP contribution is 2.41. The van der Waals surface area contributed by atoms with Gasteiger partial charge in [0, 0.05) is 57.8 Å². The Kier molecular flexibility index (Phi) is 9.19. The fourth-order valence-electron chi connectivity index (χ4n) is 7.01. The molecule has 0 saturated heterocycles. The monoisotopic (exact) mass is 788 g/mol. The molecule has 14 heteroatoms. The van der Waals surface area contributed by atoms with Gasteiger partial charge in [-0.3, -0.25) is 20.2 Å². The molecule has 7 aromatic carbocycles. The van der Waals surface area contributed by atoms with E-state index in [4.69, 9.17) is 0 Å². The summed E-state index contributed by atoms with van der Waals surface area (Å²) in [6.07, 6.45) is -9.00. The fourth-order valence-corrected chi connectivity index (χ4v) is 7.01. The van der Waals surface area contributed by atoms with E-state index in [1.54, 1.807) is 41.3 Å². The third kappa shape index (κ3) is 7.07. The highest BCUT2D eigenvalue weighted by molar-refractivity contribution is 6.11. The molecule has 0 aliphatic rings. The first kappa shape index (κ1) is 37.4. The van der Waals surface area contributed by atoms with Crippen molar-refractivity contribution in [2.45, 2.75) is 12.4 Å². The van der Waals surface area contributed by atoms with Gasteiger partial charge in [-0.1, -0.05) is 36.4 Å². The van der Waals surface area contributed by atoms with Crippen LogP contribution in [0.15, 0.2) is 158 Å². The quantitative estimate of drug-likeness (QED) is 0.0868. The first-order chi connectivity index (χ1) is 27.7. The van der Waals surface area contributed by atoms with Crippen molar-refractivity contribution < 1.29 is 36.2 Å². The minimum atomic E-state index is -4.50. The van der Waals surface area contributed by atoms with Crippen molar-refractivity contribution in [1.29, 1.82) is 0 Å². The van der Waals surface area contributed by atoms with Gasteiger partial charge in [0.15, 0.2) is 0 Å². The van der Waals surface area contributed by atoms with Crippen LogP contribution in [0.3, 0.4) is 0 Å². The zero-order valence-electron chi connectivity index (χ0n) is 29.7. The van der Waals surface area contributed by atoms with Crippen LogP contribution in [-0.2, 0) is 12.4 Å². The minimum Gasteiger partial charge on any atom is -0.310 e. The highest BCUT2D eigenvalue weighted by Gasteiger charge is 2.31. The summed E-state index contributed by atoms with van der Waals surface area (Å²) in [4.78, 5) is 23.5. The van der Waals surface area contributed by atoms with E-state index in [1.807, 2.05) is 53.1 Å². The van der Waals surface area contributed by atoms with Gasteiger partial charge in [-0.15, -0.1) is 0 Å². The molecule has 0 atom stereocenters. The standard InChI is InChI=1S/C44H26F6N4O4/c45-43(46,47)31-7-1-27(2-8-31)29-5-23-41-39(25-29)40-26-30(28-3-9-32(10-4-28)44(48,49)50)6-24-42(40)52(41)36-13-11-33(12-14-36)51(34-15-19-37(20-16-34)53(55)56)35-17-21-38(22-18-35)54(57)58/h1-26H. The number of nitrogens with zero attached hydrogens (tertiary/aromatic N) is 4. The molecular formula is C44H26F6N4O4. The summed E-state index contributed by atoms with van der Waals surface area (Å²) in [5, 5.41) is 24.2. The second kappa shape index (κ2) is 14.2. The van der Waals surface area contributed by atoms with Crippen molar-refractivity contribution in [2.75, 3.05) is 4.90 Å². The lowest BCUT2D eigenvalue weighted by atomic mass is 9.99. The van der Waals surface area contributed by atoms with Gasteiger partial charge < -0.3 is 9.47 Å². The Morgan fingerprint density at radius 2 is 0.759 bits per heavy atom. The molecule has 0 amide bonds. The Morgan fingerprint density at radius 3 is 1.09 bits per heavy atom. The van der Waals surface area contributed by atoms with Crippen LogP contribution in [0.25, 0.3) is 49.7 Å². The van der Waals surface area contributed by atoms with Gasteiger partial charge >= 0.3 is 12.4 Å². The molecule has 8 rings (SSSR count). The summed E-state index contributed by atoms with van der Waals surface area (Å²) < 4.78 is 82.1. The minimum absolute atomic E-state index is 0.114. The van der Waals surface area contributed by atoms with Gasteiger partial charge in [0.1, 0.15) is 0 Å². The van der Waals surface area contributed by atoms with Crippen LogP contribution in [-0.4, -0.2) is 14.4 Å². The predicted molar refractivity (Wildman–Crippen MR) is 210 cm³/mol. The molecule has 0 aliphatic heterocycles. The number of nitro groups is 2. The number of aromatic nitrogens is 1. The van der Waals surface area contributed by atoms with Crippen molar-refractivity contribution in [3.63, 3.8) is 0 Å². The molecule has 0 bridgehead atoms. The number of anilines is 3. The molecule has 0 saturated carbocycles. The Morgan fingerprint density at radius 1 is 0.431 bits per heavy atom. The maximum atomic E-state index is 13.3. The van der Waals surface area contributed by atoms with Crippen LogP contribution >= 0.6 is 0 Å². The number of nitro benzene ring substituents is 2. The number of non-ortho nitro benzene ring substituents is 2. The van der Waals surface area contributed by atoms with Gasteiger partial charge in [0.05, 0.1) is 32.0 Å². The fraction of sp³-hybridized carbons (Fsp3) is 0.0455. The van der Waals surface area contributed by atoms with Crippen LogP contribution in [0.5, 0.6) is 0 Å². The van der Waals surface area contributed by atoms with E-state index >= 15 is 0 Å². The Hall–Kier alpha value is -7.48. The molecular weight excluding hydrogens is 762 g/mol. The van der Waals surface area contributed by atoms with E-state index in [-0.39, 0.29) is 11.4 Å². The summed E-state index contributed by atoms with van der Waals surface area (Å²) in [5.41, 5.74) is 4.54. The lowest BCUT2D eigenvalue weighted by Gasteiger charge is -2.25. The van der Waals surface area contributed by atoms with Gasteiger partial charge in [0.2, 0.25) is 0 Å². The molecule has 1 heterocycles. The number of alkyl halides is 6. The molecule has 0 N–H and O–H groups in total. The average molecular weight is 789 g/mol. The zero-order chi connectivity index (χ0) is 40.9. The SMILES string of the molecule is O=[N+]([O-])c1ccc(N(c2ccc(-n3c4ccc(-c5ccc(C(F)(F)F)cc5)cc4c4cc(-c5ccc(C(F)(F)F)cc5)ccc43)cc2)c2ccc([N+](=O)[O-])cc2)cc1. The molecule has 8 aromatic rings. The van der Waals surface area contributed by atoms with Gasteiger partial charge in [-0.05, 0) is 119 Å². The maximum Gasteiger partial charge on any atom is 0.416 e. The van der Waals surface area contributed by atoms with E-state index in [0.717, 1.165) is 46.1 Å². The second-order valence-electron chi connectivity index (χ2n) is 13.3. The molecule has 0 unspecified atom stereocenters. The third-order valence-corrected chi connectivity index (χ3v) is 9.86. The molecule has 288 valence electrons. The smallest absolute Gasteiger partial charge is 0.310 e. The topological polar surface area (TPSA) is 94.5 Å². The first-order valence-corrected chi connectivity index (χ1v) is 17.5. The molecule has 8 nitrogen and oxygen atoms in total. The predicted octanol–water partition coefficient (Wildman–Crippen LogP) is 13.4. The van der Waals surface area contributed by atoms with Crippen LogP contribution in [0.1, 0.15) is 11.1 Å². The maximum absolute atomic E-state index is 13.3. The summed E-state index contributed by atoms with van der Waals surface area (Å²) in [6.45, 7) is 0. The lowest BCUT2D eigenvalue weighted by Crippen LogP contribution is -2.10. The summed E-state index contributed by atoms with van der Waals surface area (Å²) in [5.74, 6) is 0. The lowest BCUT2D eigenvalue weighted by molar-refractivity contribution is -0.385. The number of rotatable bonds is 8. The van der Waals surface area contributed by atoms with Gasteiger partial charge in [-0.2, -0.15) is 26.3 Å². The van der Waals surface area contributed by atoms with Crippen LogP contribution < -0.4 is 4.90 Å². The largest absolute Gasteiger partial charge is 0.416 e. The number of hydrogen-bond donors (Lipinski definition) is 0. The van der Waals surface area contributed by atoms with E-state index in [9.17, 15) is 46.6 Å². The Labute approximate surface area is 324 Å². The summed E-state index contributed by atoms with van der Waals surface area (Å²) >= 11 is 0. The van der Waals surface area contributed by atoms with E-state index in [0.29, 0.717) is 45.0 Å². The number of halogens is 6. The zero-order valence-corrected chi connectivity index (χ0v) is 29.7. The van der Waals surface area contributed by atoms with E-state index < -0.39 is 33.3 Å². The van der Waals surface area contributed by atoms with Crippen molar-refractivity contribution >= 4 is 50.2 Å². The molecule has 1 aromatic heterocycles. The van der Waals surface area contributed by atoms with Crippen LogP contribution in [0, 0.1) is 20.2 Å². The second-order valence-corrected chi connectivity index (χ2v) is 13.3. The van der Waals surface area contributed by atoms with Crippen molar-refractivity contribution in [3.8, 4) is 27.9 Å². The van der Waals surface area contributed by atoms with Gasteiger partial charge in [0.25, 0.3) is 11.4 Å². The Balaban J connectivity index is 1.26. The van der Waals surface area contributed by atoms with Crippen molar-refractivity contribution in [1.82, 2.24) is 4.57 Å². The van der Waals surface area contributed by atoms with Crippen LogP contribution in [0.2, 0.25) is 0 Å². The highest BCUT2D eigenvalue weighted by atomic mass is 19.4. The molecule has 58 heavy (non-hydrogen) atoms. The molecule has 0 radical (unpaired) electrons. The number of fused-ring (bicyclic) bond motifs is 3. The summed E-state index contributed by atoms with van der Waals surface area (Å²) in [7, 11) is 0. The third-order valence-electron chi connectivity index (χ3n) is 9.86. The first-order valence-electron chi connectivity index (χ1n) is 17.5. The van der Waals surface area contributed by atoms with E-state index in [1.165, 1.54) is 48.5 Å². The van der Waals surface area contributed by atoms with Crippen molar-refractivity contribution in [2.24, 2.45) is 0 Å². The van der Waals surface area contributed by atoms with Crippen molar-refractivity contribution in [3.05, 3.63) is 189 Å². The molecule has 0 fully saturated rings. The molecule has 0 aliphatic carbocycles. The molecule has 0 spiro atoms. The number of hydrogen-bond acceptors (Lipinski definition) is 5. The van der Waals surface area contributed by atoms with Crippen LogP contribution in [0.4, 0.5) is 54.8 Å².